The Labute approximate surface area is 173 Å². The molecule has 0 spiro atoms. The minimum Gasteiger partial charge on any atom is -0.489 e. The molecule has 1 amide bonds. The SMILES string of the molecule is O=C(Nc1ccc(OCc2ccccc2)cc1)c1cc(C(F)(F)F)cc(C(F)(F)F)c1. The van der Waals surface area contributed by atoms with E-state index in [-0.39, 0.29) is 11.8 Å². The number of hydrogen-bond donors (Lipinski definition) is 1. The maximum atomic E-state index is 13.0. The highest BCUT2D eigenvalue weighted by Gasteiger charge is 2.37. The maximum absolute atomic E-state index is 13.0. The van der Waals surface area contributed by atoms with Crippen LogP contribution in [0.3, 0.4) is 0 Å². The van der Waals surface area contributed by atoms with Crippen LogP contribution in [0.2, 0.25) is 0 Å². The topological polar surface area (TPSA) is 38.3 Å². The third kappa shape index (κ3) is 6.00. The van der Waals surface area contributed by atoms with Crippen molar-refractivity contribution in [3.05, 3.63) is 95.1 Å². The Morgan fingerprint density at radius 3 is 1.84 bits per heavy atom. The summed E-state index contributed by atoms with van der Waals surface area (Å²) in [6.07, 6.45) is -10.1. The lowest BCUT2D eigenvalue weighted by molar-refractivity contribution is -0.143. The standard InChI is InChI=1S/C22H15F6NO2/c23-21(24,25)16-10-15(11-17(12-16)22(26,27)28)20(30)29-18-6-8-19(9-7-18)31-13-14-4-2-1-3-5-14/h1-12H,13H2,(H,29,30). The molecule has 0 atom stereocenters. The van der Waals surface area contributed by atoms with Gasteiger partial charge in [-0.2, -0.15) is 26.3 Å². The molecule has 3 nitrogen and oxygen atoms in total. The highest BCUT2D eigenvalue weighted by molar-refractivity contribution is 6.04. The fraction of sp³-hybridized carbons (Fsp3) is 0.136. The number of halogens is 6. The van der Waals surface area contributed by atoms with Gasteiger partial charge in [0.15, 0.2) is 0 Å². The van der Waals surface area contributed by atoms with E-state index < -0.39 is 35.0 Å². The lowest BCUT2D eigenvalue weighted by Crippen LogP contribution is -2.17. The molecule has 31 heavy (non-hydrogen) atoms. The summed E-state index contributed by atoms with van der Waals surface area (Å²) in [6.45, 7) is 0.303. The predicted octanol–water partition coefficient (Wildman–Crippen LogP) is 6.56. The van der Waals surface area contributed by atoms with Gasteiger partial charge in [-0.3, -0.25) is 4.79 Å². The molecule has 0 heterocycles. The number of nitrogens with one attached hydrogen (secondary N) is 1. The van der Waals surface area contributed by atoms with Crippen molar-refractivity contribution in [3.8, 4) is 5.75 Å². The fourth-order valence-corrected chi connectivity index (χ4v) is 2.66. The summed E-state index contributed by atoms with van der Waals surface area (Å²) >= 11 is 0. The number of alkyl halides is 6. The molecule has 3 aromatic rings. The van der Waals surface area contributed by atoms with Crippen molar-refractivity contribution in [1.82, 2.24) is 0 Å². The van der Waals surface area contributed by atoms with E-state index >= 15 is 0 Å². The molecule has 0 aliphatic rings. The lowest BCUT2D eigenvalue weighted by atomic mass is 10.0. The Hall–Kier alpha value is -3.49. The van der Waals surface area contributed by atoms with Crippen molar-refractivity contribution in [3.63, 3.8) is 0 Å². The summed E-state index contributed by atoms with van der Waals surface area (Å²) < 4.78 is 83.3. The predicted molar refractivity (Wildman–Crippen MR) is 102 cm³/mol. The van der Waals surface area contributed by atoms with Crippen LogP contribution in [0.15, 0.2) is 72.8 Å². The minimum absolute atomic E-state index is 0.0321. The highest BCUT2D eigenvalue weighted by atomic mass is 19.4. The average molecular weight is 439 g/mol. The summed E-state index contributed by atoms with van der Waals surface area (Å²) in [5.41, 5.74) is -2.76. The van der Waals surface area contributed by atoms with E-state index in [2.05, 4.69) is 5.32 Å². The molecule has 3 aromatic carbocycles. The van der Waals surface area contributed by atoms with Crippen LogP contribution in [-0.2, 0) is 19.0 Å². The largest absolute Gasteiger partial charge is 0.489 e. The van der Waals surface area contributed by atoms with Crippen molar-refractivity contribution in [2.45, 2.75) is 19.0 Å². The molecule has 0 aliphatic carbocycles. The van der Waals surface area contributed by atoms with Crippen LogP contribution in [0, 0.1) is 0 Å². The van der Waals surface area contributed by atoms with E-state index in [1.54, 1.807) is 0 Å². The first-order valence-corrected chi connectivity index (χ1v) is 8.90. The van der Waals surface area contributed by atoms with E-state index in [0.717, 1.165) is 5.56 Å². The Kier molecular flexibility index (Phi) is 6.24. The third-order valence-electron chi connectivity index (χ3n) is 4.21. The molecule has 3 rings (SSSR count). The van der Waals surface area contributed by atoms with E-state index in [0.29, 0.717) is 24.5 Å². The van der Waals surface area contributed by atoms with Crippen LogP contribution >= 0.6 is 0 Å². The molecule has 1 N–H and O–H groups in total. The zero-order chi connectivity index (χ0) is 22.6. The smallest absolute Gasteiger partial charge is 0.416 e. The number of ether oxygens (including phenoxy) is 1. The van der Waals surface area contributed by atoms with E-state index in [4.69, 9.17) is 4.74 Å². The quantitative estimate of drug-likeness (QED) is 0.458. The van der Waals surface area contributed by atoms with Gasteiger partial charge in [0.25, 0.3) is 5.91 Å². The summed E-state index contributed by atoms with van der Waals surface area (Å²) in [5, 5.41) is 2.29. The van der Waals surface area contributed by atoms with Crippen LogP contribution in [0.4, 0.5) is 32.0 Å². The zero-order valence-corrected chi connectivity index (χ0v) is 15.7. The van der Waals surface area contributed by atoms with Crippen LogP contribution < -0.4 is 10.1 Å². The van der Waals surface area contributed by atoms with E-state index in [9.17, 15) is 31.1 Å². The van der Waals surface area contributed by atoms with Gasteiger partial charge in [0.2, 0.25) is 0 Å². The van der Waals surface area contributed by atoms with Crippen LogP contribution in [0.1, 0.15) is 27.0 Å². The number of carbonyl (C=O) groups excluding carboxylic acids is 1. The molecule has 0 aliphatic heterocycles. The zero-order valence-electron chi connectivity index (χ0n) is 15.7. The molecule has 0 fully saturated rings. The second-order valence-corrected chi connectivity index (χ2v) is 6.55. The lowest BCUT2D eigenvalue weighted by Gasteiger charge is -2.14. The van der Waals surface area contributed by atoms with Crippen molar-refractivity contribution >= 4 is 11.6 Å². The van der Waals surface area contributed by atoms with Crippen molar-refractivity contribution in [1.29, 1.82) is 0 Å². The van der Waals surface area contributed by atoms with Gasteiger partial charge in [-0.05, 0) is 48.0 Å². The van der Waals surface area contributed by atoms with Crippen molar-refractivity contribution in [2.24, 2.45) is 0 Å². The fourth-order valence-electron chi connectivity index (χ4n) is 2.66. The highest BCUT2D eigenvalue weighted by Crippen LogP contribution is 2.36. The van der Waals surface area contributed by atoms with Gasteiger partial charge < -0.3 is 10.1 Å². The molecule has 9 heteroatoms. The molecule has 0 saturated carbocycles. The first-order chi connectivity index (χ1) is 14.5. The van der Waals surface area contributed by atoms with Gasteiger partial charge >= 0.3 is 12.4 Å². The van der Waals surface area contributed by atoms with E-state index in [1.165, 1.54) is 24.3 Å². The normalized spacial score (nSPS) is 11.8. The molecular formula is C22H15F6NO2. The number of hydrogen-bond acceptors (Lipinski definition) is 2. The van der Waals surface area contributed by atoms with Crippen molar-refractivity contribution in [2.75, 3.05) is 5.32 Å². The number of anilines is 1. The van der Waals surface area contributed by atoms with Crippen molar-refractivity contribution < 1.29 is 35.9 Å². The van der Waals surface area contributed by atoms with Gasteiger partial charge in [0, 0.05) is 11.3 Å². The van der Waals surface area contributed by atoms with Crippen LogP contribution in [0.5, 0.6) is 5.75 Å². The molecule has 0 radical (unpaired) electrons. The summed E-state index contributed by atoms with van der Waals surface area (Å²) in [5.74, 6) is -0.630. The number of carbonyl (C=O) groups is 1. The van der Waals surface area contributed by atoms with E-state index in [1.807, 2.05) is 30.3 Å². The number of amides is 1. The Morgan fingerprint density at radius 1 is 0.774 bits per heavy atom. The minimum atomic E-state index is -5.03. The summed E-state index contributed by atoms with van der Waals surface area (Å²) in [4.78, 5) is 12.3. The molecule has 162 valence electrons. The second kappa shape index (κ2) is 8.71. The monoisotopic (exact) mass is 439 g/mol. The maximum Gasteiger partial charge on any atom is 0.416 e. The first kappa shape index (κ1) is 22.2. The molecule has 0 aromatic heterocycles. The van der Waals surface area contributed by atoms with Crippen LogP contribution in [-0.4, -0.2) is 5.91 Å². The summed E-state index contributed by atoms with van der Waals surface area (Å²) in [6, 6.07) is 15.9. The van der Waals surface area contributed by atoms with Crippen LogP contribution in [0.25, 0.3) is 0 Å². The Morgan fingerprint density at radius 2 is 1.32 bits per heavy atom. The molecule has 0 bridgehead atoms. The van der Waals surface area contributed by atoms with Gasteiger partial charge in [0.05, 0.1) is 11.1 Å². The second-order valence-electron chi connectivity index (χ2n) is 6.55. The molecule has 0 saturated heterocycles. The van der Waals surface area contributed by atoms with Gasteiger partial charge in [-0.15, -0.1) is 0 Å². The van der Waals surface area contributed by atoms with Gasteiger partial charge in [-0.25, -0.2) is 0 Å². The number of rotatable bonds is 5. The first-order valence-electron chi connectivity index (χ1n) is 8.90. The average Bonchev–Trinajstić information content (AvgIpc) is 2.72. The van der Waals surface area contributed by atoms with Gasteiger partial charge in [0.1, 0.15) is 12.4 Å². The Balaban J connectivity index is 1.73. The van der Waals surface area contributed by atoms with Gasteiger partial charge in [-0.1, -0.05) is 30.3 Å². The molecular weight excluding hydrogens is 424 g/mol. The molecule has 0 unspecified atom stereocenters. The third-order valence-corrected chi connectivity index (χ3v) is 4.21. The number of benzene rings is 3. The Bertz CT molecular complexity index is 1010. The summed E-state index contributed by atoms with van der Waals surface area (Å²) in [7, 11) is 0.